The molecule has 0 aliphatic carbocycles. The van der Waals surface area contributed by atoms with E-state index in [1.54, 1.807) is 24.3 Å². The van der Waals surface area contributed by atoms with Gasteiger partial charge in [0.2, 0.25) is 0 Å². The smallest absolute Gasteiger partial charge is 0.255 e. The Kier molecular flexibility index (Phi) is 3.97. The maximum Gasteiger partial charge on any atom is 0.255 e. The maximum atomic E-state index is 11.9. The highest BCUT2D eigenvalue weighted by Crippen LogP contribution is 2.14. The largest absolute Gasteiger partial charge is 0.494 e. The summed E-state index contributed by atoms with van der Waals surface area (Å²) in [5, 5.41) is 2.83. The number of carbonyl (C=O) groups excluding carboxylic acids is 1. The molecule has 0 heterocycles. The summed E-state index contributed by atoms with van der Waals surface area (Å²) in [5.41, 5.74) is 1.40. The number of nitrogens with one attached hydrogen (secondary N) is 1. The molecule has 1 amide bonds. The molecule has 0 aliphatic rings. The average Bonchev–Trinajstić information content (AvgIpc) is 2.41. The molecule has 0 atom stereocenters. The zero-order chi connectivity index (χ0) is 12.8. The second-order valence-corrected chi connectivity index (χ2v) is 3.78. The van der Waals surface area contributed by atoms with E-state index in [1.807, 2.05) is 37.3 Å². The van der Waals surface area contributed by atoms with Gasteiger partial charge in [-0.3, -0.25) is 4.79 Å². The molecule has 0 bridgehead atoms. The topological polar surface area (TPSA) is 38.3 Å². The van der Waals surface area contributed by atoms with E-state index in [9.17, 15) is 4.79 Å². The number of rotatable bonds is 4. The van der Waals surface area contributed by atoms with Gasteiger partial charge >= 0.3 is 0 Å². The minimum atomic E-state index is -0.121. The Morgan fingerprint density at radius 1 is 1.06 bits per heavy atom. The minimum Gasteiger partial charge on any atom is -0.494 e. The second kappa shape index (κ2) is 5.87. The first kappa shape index (κ1) is 12.2. The number of anilines is 1. The van der Waals surface area contributed by atoms with E-state index in [1.165, 1.54) is 0 Å². The van der Waals surface area contributed by atoms with Crippen molar-refractivity contribution in [1.29, 1.82) is 0 Å². The van der Waals surface area contributed by atoms with E-state index in [-0.39, 0.29) is 5.91 Å². The molecule has 3 nitrogen and oxygen atoms in total. The lowest BCUT2D eigenvalue weighted by molar-refractivity contribution is 0.102. The van der Waals surface area contributed by atoms with E-state index in [0.29, 0.717) is 12.2 Å². The van der Waals surface area contributed by atoms with E-state index >= 15 is 0 Å². The number of carbonyl (C=O) groups is 1. The number of hydrogen-bond donors (Lipinski definition) is 1. The van der Waals surface area contributed by atoms with Crippen LogP contribution in [0.2, 0.25) is 0 Å². The number of ether oxygens (including phenoxy) is 1. The number of hydrogen-bond acceptors (Lipinski definition) is 2. The Labute approximate surface area is 106 Å². The number of benzene rings is 2. The normalized spacial score (nSPS) is 9.83. The number of para-hydroxylation sites is 1. The van der Waals surface area contributed by atoms with Crippen molar-refractivity contribution < 1.29 is 9.53 Å². The van der Waals surface area contributed by atoms with Crippen LogP contribution in [-0.2, 0) is 0 Å². The molecule has 0 fully saturated rings. The molecule has 92 valence electrons. The molecule has 0 spiro atoms. The molecular weight excluding hydrogens is 226 g/mol. The summed E-state index contributed by atoms with van der Waals surface area (Å²) in [5.74, 6) is 0.651. The van der Waals surface area contributed by atoms with Crippen LogP contribution in [0.15, 0.2) is 54.6 Å². The first-order valence-electron chi connectivity index (χ1n) is 5.89. The van der Waals surface area contributed by atoms with Crippen molar-refractivity contribution in [3.63, 3.8) is 0 Å². The second-order valence-electron chi connectivity index (χ2n) is 3.78. The van der Waals surface area contributed by atoms with Gasteiger partial charge in [-0.25, -0.2) is 0 Å². The molecule has 0 unspecified atom stereocenters. The zero-order valence-corrected chi connectivity index (χ0v) is 10.2. The van der Waals surface area contributed by atoms with E-state index in [0.717, 1.165) is 11.4 Å². The summed E-state index contributed by atoms with van der Waals surface area (Å²) in [4.78, 5) is 11.9. The third-order valence-corrected chi connectivity index (χ3v) is 2.46. The summed E-state index contributed by atoms with van der Waals surface area (Å²) >= 11 is 0. The van der Waals surface area contributed by atoms with Gasteiger partial charge in [-0.2, -0.15) is 0 Å². The van der Waals surface area contributed by atoms with Gasteiger partial charge in [-0.1, -0.05) is 18.2 Å². The van der Waals surface area contributed by atoms with Crippen molar-refractivity contribution >= 4 is 11.6 Å². The molecule has 2 aromatic rings. The van der Waals surface area contributed by atoms with Crippen molar-refractivity contribution in [3.05, 3.63) is 60.2 Å². The molecule has 2 aromatic carbocycles. The molecular formula is C15H15NO2. The summed E-state index contributed by atoms with van der Waals surface area (Å²) < 4.78 is 5.33. The molecule has 0 radical (unpaired) electrons. The van der Waals surface area contributed by atoms with E-state index in [4.69, 9.17) is 4.74 Å². The monoisotopic (exact) mass is 241 g/mol. The Hall–Kier alpha value is -2.29. The molecule has 0 aromatic heterocycles. The van der Waals surface area contributed by atoms with E-state index in [2.05, 4.69) is 5.32 Å². The molecule has 0 saturated heterocycles. The van der Waals surface area contributed by atoms with Crippen molar-refractivity contribution in [1.82, 2.24) is 0 Å². The van der Waals surface area contributed by atoms with Crippen molar-refractivity contribution in [3.8, 4) is 5.75 Å². The zero-order valence-electron chi connectivity index (χ0n) is 10.2. The van der Waals surface area contributed by atoms with E-state index < -0.39 is 0 Å². The predicted molar refractivity (Wildman–Crippen MR) is 72.0 cm³/mol. The Morgan fingerprint density at radius 2 is 1.72 bits per heavy atom. The highest BCUT2D eigenvalue weighted by Gasteiger charge is 2.05. The number of amides is 1. The third kappa shape index (κ3) is 3.10. The molecule has 0 aliphatic heterocycles. The van der Waals surface area contributed by atoms with Crippen molar-refractivity contribution in [2.24, 2.45) is 0 Å². The fraction of sp³-hybridized carbons (Fsp3) is 0.133. The van der Waals surface area contributed by atoms with Crippen LogP contribution in [0, 0.1) is 0 Å². The van der Waals surface area contributed by atoms with Gasteiger partial charge in [0.25, 0.3) is 5.91 Å². The Balaban J connectivity index is 2.05. The summed E-state index contributed by atoms with van der Waals surface area (Å²) in [7, 11) is 0. The van der Waals surface area contributed by atoms with Gasteiger partial charge in [0, 0.05) is 11.3 Å². The van der Waals surface area contributed by atoms with Crippen LogP contribution >= 0.6 is 0 Å². The van der Waals surface area contributed by atoms with Gasteiger partial charge in [-0.15, -0.1) is 0 Å². The Bertz CT molecular complexity index is 506. The highest BCUT2D eigenvalue weighted by atomic mass is 16.5. The molecule has 18 heavy (non-hydrogen) atoms. The molecule has 3 heteroatoms. The SMILES string of the molecule is CCOc1ccc(C(=O)Nc2ccccc2)cc1. The van der Waals surface area contributed by atoms with Crippen LogP contribution < -0.4 is 10.1 Å². The van der Waals surface area contributed by atoms with Gasteiger partial charge in [0.05, 0.1) is 6.61 Å². The van der Waals surface area contributed by atoms with Gasteiger partial charge in [0.1, 0.15) is 5.75 Å². The van der Waals surface area contributed by atoms with Crippen molar-refractivity contribution in [2.75, 3.05) is 11.9 Å². The van der Waals surface area contributed by atoms with Crippen LogP contribution in [0.25, 0.3) is 0 Å². The van der Waals surface area contributed by atoms with Crippen LogP contribution in [-0.4, -0.2) is 12.5 Å². The summed E-state index contributed by atoms with van der Waals surface area (Å²) in [6, 6.07) is 16.5. The quantitative estimate of drug-likeness (QED) is 0.891. The van der Waals surface area contributed by atoms with Gasteiger partial charge in [0.15, 0.2) is 0 Å². The van der Waals surface area contributed by atoms with Gasteiger partial charge < -0.3 is 10.1 Å². The first-order chi connectivity index (χ1) is 8.79. The molecule has 0 saturated carbocycles. The van der Waals surface area contributed by atoms with Crippen molar-refractivity contribution in [2.45, 2.75) is 6.92 Å². The summed E-state index contributed by atoms with van der Waals surface area (Å²) in [6.07, 6.45) is 0. The van der Waals surface area contributed by atoms with Crippen LogP contribution in [0.5, 0.6) is 5.75 Å². The average molecular weight is 241 g/mol. The highest BCUT2D eigenvalue weighted by molar-refractivity contribution is 6.04. The van der Waals surface area contributed by atoms with Crippen LogP contribution in [0.3, 0.4) is 0 Å². The Morgan fingerprint density at radius 3 is 2.33 bits per heavy atom. The fourth-order valence-electron chi connectivity index (χ4n) is 1.59. The first-order valence-corrected chi connectivity index (χ1v) is 5.89. The van der Waals surface area contributed by atoms with Crippen LogP contribution in [0.1, 0.15) is 17.3 Å². The lowest BCUT2D eigenvalue weighted by atomic mass is 10.2. The van der Waals surface area contributed by atoms with Gasteiger partial charge in [-0.05, 0) is 43.3 Å². The molecule has 1 N–H and O–H groups in total. The lowest BCUT2D eigenvalue weighted by Crippen LogP contribution is -2.11. The standard InChI is InChI=1S/C15H15NO2/c1-2-18-14-10-8-12(9-11-14)15(17)16-13-6-4-3-5-7-13/h3-11H,2H2,1H3,(H,16,17). The third-order valence-electron chi connectivity index (χ3n) is 2.46. The summed E-state index contributed by atoms with van der Waals surface area (Å²) in [6.45, 7) is 2.55. The fourth-order valence-corrected chi connectivity index (χ4v) is 1.59. The van der Waals surface area contributed by atoms with Crippen LogP contribution in [0.4, 0.5) is 5.69 Å². The molecule has 2 rings (SSSR count). The minimum absolute atomic E-state index is 0.121. The predicted octanol–water partition coefficient (Wildman–Crippen LogP) is 3.34. The lowest BCUT2D eigenvalue weighted by Gasteiger charge is -2.06. The maximum absolute atomic E-state index is 11.9.